The van der Waals surface area contributed by atoms with E-state index in [1.807, 2.05) is 0 Å². The highest BCUT2D eigenvalue weighted by molar-refractivity contribution is 6.36. The van der Waals surface area contributed by atoms with Crippen molar-refractivity contribution in [2.45, 2.75) is 0 Å². The predicted molar refractivity (Wildman–Crippen MR) is 85.4 cm³/mol. The minimum absolute atomic E-state index is 0.319. The summed E-state index contributed by atoms with van der Waals surface area (Å²) in [5, 5.41) is 7.03. The third kappa shape index (κ3) is 3.37. The van der Waals surface area contributed by atoms with Crippen molar-refractivity contribution in [1.29, 1.82) is 0 Å². The largest absolute Gasteiger partial charge is 0.387 e. The fraction of sp³-hybridized carbons (Fsp3) is 0.0714. The summed E-state index contributed by atoms with van der Waals surface area (Å²) >= 11 is 17.8. The molecule has 2 aromatic rings. The number of nitrogens with one attached hydrogen (secondary N) is 2. The number of hydrogen-bond donors (Lipinski definition) is 2. The number of rotatable bonds is 3. The summed E-state index contributed by atoms with van der Waals surface area (Å²) in [6.45, 7) is 0. The second kappa shape index (κ2) is 6.35. The van der Waals surface area contributed by atoms with Gasteiger partial charge < -0.3 is 10.6 Å². The number of halogens is 3. The number of carbonyl (C=O) groups excluding carboxylic acids is 1. The van der Waals surface area contributed by atoms with Crippen LogP contribution in [0.1, 0.15) is 10.4 Å². The molecule has 0 fully saturated rings. The second-order valence-electron chi connectivity index (χ2n) is 4.02. The number of hydrogen-bond acceptors (Lipinski definition) is 2. The maximum Gasteiger partial charge on any atom is 0.257 e. The number of anilines is 2. The predicted octanol–water partition coefficient (Wildman–Crippen LogP) is 4.94. The topological polar surface area (TPSA) is 41.1 Å². The number of benzene rings is 2. The lowest BCUT2D eigenvalue weighted by atomic mass is 10.1. The summed E-state index contributed by atoms with van der Waals surface area (Å²) < 4.78 is 0. The average molecular weight is 330 g/mol. The lowest BCUT2D eigenvalue weighted by Gasteiger charge is -2.11. The Hall–Kier alpha value is -1.42. The zero-order chi connectivity index (χ0) is 14.7. The van der Waals surface area contributed by atoms with Crippen LogP contribution in [0.2, 0.25) is 15.1 Å². The fourth-order valence-corrected chi connectivity index (χ4v) is 2.21. The molecular formula is C14H11Cl3N2O. The fourth-order valence-electron chi connectivity index (χ4n) is 1.71. The van der Waals surface area contributed by atoms with E-state index in [9.17, 15) is 4.79 Å². The first-order valence-corrected chi connectivity index (χ1v) is 6.88. The lowest BCUT2D eigenvalue weighted by Crippen LogP contribution is -2.14. The van der Waals surface area contributed by atoms with Crippen LogP contribution in [0, 0.1) is 0 Å². The van der Waals surface area contributed by atoms with Crippen LogP contribution in [0.25, 0.3) is 0 Å². The molecule has 3 nitrogen and oxygen atoms in total. The van der Waals surface area contributed by atoms with Gasteiger partial charge in [0, 0.05) is 22.8 Å². The standard InChI is InChI=1S/C14H11Cl3N2O/c1-18-12-5-3-8(15)6-10(12)14(20)19-13-7-9(16)2-4-11(13)17/h2-7,18H,1H3,(H,19,20). The van der Waals surface area contributed by atoms with E-state index in [0.29, 0.717) is 32.0 Å². The van der Waals surface area contributed by atoms with Crippen molar-refractivity contribution in [2.75, 3.05) is 17.7 Å². The van der Waals surface area contributed by atoms with Crippen molar-refractivity contribution in [3.8, 4) is 0 Å². The van der Waals surface area contributed by atoms with Crippen LogP contribution in [0.5, 0.6) is 0 Å². The van der Waals surface area contributed by atoms with E-state index in [1.165, 1.54) is 0 Å². The van der Waals surface area contributed by atoms with Gasteiger partial charge in [-0.3, -0.25) is 4.79 Å². The average Bonchev–Trinajstić information content (AvgIpc) is 2.42. The third-order valence-corrected chi connectivity index (χ3v) is 3.47. The molecule has 2 N–H and O–H groups in total. The van der Waals surface area contributed by atoms with Gasteiger partial charge >= 0.3 is 0 Å². The maximum absolute atomic E-state index is 12.3. The van der Waals surface area contributed by atoms with Gasteiger partial charge in [-0.15, -0.1) is 0 Å². The van der Waals surface area contributed by atoms with E-state index >= 15 is 0 Å². The third-order valence-electron chi connectivity index (χ3n) is 2.67. The molecule has 0 radical (unpaired) electrons. The second-order valence-corrected chi connectivity index (χ2v) is 5.30. The Kier molecular flexibility index (Phi) is 4.76. The zero-order valence-electron chi connectivity index (χ0n) is 10.5. The van der Waals surface area contributed by atoms with Crippen LogP contribution in [-0.2, 0) is 0 Å². The quantitative estimate of drug-likeness (QED) is 0.837. The minimum Gasteiger partial charge on any atom is -0.387 e. The summed E-state index contributed by atoms with van der Waals surface area (Å²) in [5.41, 5.74) is 1.55. The van der Waals surface area contributed by atoms with E-state index in [1.54, 1.807) is 43.4 Å². The van der Waals surface area contributed by atoms with Crippen LogP contribution in [0.15, 0.2) is 36.4 Å². The van der Waals surface area contributed by atoms with E-state index in [0.717, 1.165) is 0 Å². The van der Waals surface area contributed by atoms with Gasteiger partial charge in [-0.1, -0.05) is 34.8 Å². The SMILES string of the molecule is CNc1ccc(Cl)cc1C(=O)Nc1cc(Cl)ccc1Cl. The Bertz CT molecular complexity index is 659. The molecule has 20 heavy (non-hydrogen) atoms. The van der Waals surface area contributed by atoms with Crippen molar-refractivity contribution in [2.24, 2.45) is 0 Å². The monoisotopic (exact) mass is 328 g/mol. The van der Waals surface area contributed by atoms with Crippen LogP contribution in [-0.4, -0.2) is 13.0 Å². The molecule has 0 aliphatic carbocycles. The molecule has 0 bridgehead atoms. The molecule has 0 saturated heterocycles. The van der Waals surface area contributed by atoms with Gasteiger partial charge in [-0.2, -0.15) is 0 Å². The van der Waals surface area contributed by atoms with E-state index in [2.05, 4.69) is 10.6 Å². The van der Waals surface area contributed by atoms with E-state index < -0.39 is 0 Å². The van der Waals surface area contributed by atoms with E-state index in [-0.39, 0.29) is 5.91 Å². The molecule has 2 aromatic carbocycles. The molecule has 0 heterocycles. The molecule has 0 aliphatic rings. The van der Waals surface area contributed by atoms with Crippen LogP contribution in [0.4, 0.5) is 11.4 Å². The Morgan fingerprint density at radius 2 is 1.60 bits per heavy atom. The molecule has 0 atom stereocenters. The first-order valence-electron chi connectivity index (χ1n) is 5.75. The van der Waals surface area contributed by atoms with Gasteiger partial charge in [0.15, 0.2) is 0 Å². The normalized spacial score (nSPS) is 10.2. The molecule has 0 saturated carbocycles. The van der Waals surface area contributed by atoms with Gasteiger partial charge in [0.05, 0.1) is 16.3 Å². The van der Waals surface area contributed by atoms with Crippen molar-refractivity contribution < 1.29 is 4.79 Å². The Morgan fingerprint density at radius 1 is 0.950 bits per heavy atom. The van der Waals surface area contributed by atoms with Crippen molar-refractivity contribution in [3.63, 3.8) is 0 Å². The molecule has 2 rings (SSSR count). The van der Waals surface area contributed by atoms with Gasteiger partial charge in [0.2, 0.25) is 0 Å². The molecule has 0 unspecified atom stereocenters. The maximum atomic E-state index is 12.3. The summed E-state index contributed by atoms with van der Waals surface area (Å²) in [4.78, 5) is 12.3. The highest BCUT2D eigenvalue weighted by Gasteiger charge is 2.13. The van der Waals surface area contributed by atoms with Crippen LogP contribution in [0.3, 0.4) is 0 Å². The molecular weight excluding hydrogens is 319 g/mol. The number of carbonyl (C=O) groups is 1. The lowest BCUT2D eigenvalue weighted by molar-refractivity contribution is 0.102. The highest BCUT2D eigenvalue weighted by atomic mass is 35.5. The molecule has 0 aliphatic heterocycles. The van der Waals surface area contributed by atoms with Gasteiger partial charge in [-0.25, -0.2) is 0 Å². The summed E-state index contributed by atoms with van der Waals surface area (Å²) in [6, 6.07) is 9.88. The van der Waals surface area contributed by atoms with Gasteiger partial charge in [-0.05, 0) is 36.4 Å². The first-order chi connectivity index (χ1) is 9.51. The summed E-state index contributed by atoms with van der Waals surface area (Å²) in [5.74, 6) is -0.319. The first kappa shape index (κ1) is 15.0. The van der Waals surface area contributed by atoms with Crippen molar-refractivity contribution in [3.05, 3.63) is 57.0 Å². The van der Waals surface area contributed by atoms with Crippen molar-refractivity contribution >= 4 is 52.1 Å². The van der Waals surface area contributed by atoms with E-state index in [4.69, 9.17) is 34.8 Å². The van der Waals surface area contributed by atoms with Gasteiger partial charge in [0.25, 0.3) is 5.91 Å². The smallest absolute Gasteiger partial charge is 0.257 e. The Balaban J connectivity index is 2.32. The Labute approximate surface area is 131 Å². The van der Waals surface area contributed by atoms with Crippen LogP contribution < -0.4 is 10.6 Å². The van der Waals surface area contributed by atoms with Gasteiger partial charge in [0.1, 0.15) is 0 Å². The van der Waals surface area contributed by atoms with Crippen LogP contribution >= 0.6 is 34.8 Å². The molecule has 1 amide bonds. The summed E-state index contributed by atoms with van der Waals surface area (Å²) in [6.07, 6.45) is 0. The Morgan fingerprint density at radius 3 is 2.30 bits per heavy atom. The molecule has 0 spiro atoms. The number of amides is 1. The summed E-state index contributed by atoms with van der Waals surface area (Å²) in [7, 11) is 1.73. The minimum atomic E-state index is -0.319. The molecule has 104 valence electrons. The van der Waals surface area contributed by atoms with Crippen molar-refractivity contribution in [1.82, 2.24) is 0 Å². The zero-order valence-corrected chi connectivity index (χ0v) is 12.8. The molecule has 0 aromatic heterocycles. The highest BCUT2D eigenvalue weighted by Crippen LogP contribution is 2.27. The molecule has 6 heteroatoms.